The average Bonchev–Trinajstić information content (AvgIpc) is 2.81. The zero-order valence-corrected chi connectivity index (χ0v) is 12.1. The molecule has 0 atom stereocenters. The second kappa shape index (κ2) is 5.95. The summed E-state index contributed by atoms with van der Waals surface area (Å²) < 4.78 is 2.94. The number of halogens is 1. The van der Waals surface area contributed by atoms with Crippen LogP contribution in [0.4, 0.5) is 5.82 Å². The van der Waals surface area contributed by atoms with Gasteiger partial charge in [0.25, 0.3) is 0 Å². The Labute approximate surface area is 115 Å². The molecule has 0 saturated heterocycles. The van der Waals surface area contributed by atoms with Gasteiger partial charge in [-0.1, -0.05) is 6.92 Å². The second-order valence-electron chi connectivity index (χ2n) is 3.89. The maximum Gasteiger partial charge on any atom is 0.179 e. The summed E-state index contributed by atoms with van der Waals surface area (Å²) in [5.41, 5.74) is 0.948. The van der Waals surface area contributed by atoms with Crippen molar-refractivity contribution >= 4 is 21.7 Å². The van der Waals surface area contributed by atoms with Crippen molar-refractivity contribution in [3.63, 3.8) is 0 Å². The Balaban J connectivity index is 2.38. The summed E-state index contributed by atoms with van der Waals surface area (Å²) >= 11 is 3.43. The number of aryl methyl sites for hydroxylation is 1. The van der Waals surface area contributed by atoms with Crippen LogP contribution in [-0.4, -0.2) is 26.1 Å². The van der Waals surface area contributed by atoms with Gasteiger partial charge in [-0.15, -0.1) is 0 Å². The molecular formula is C12H16BrN5. The molecule has 5 nitrogen and oxygen atoms in total. The molecule has 2 heterocycles. The number of anilines is 1. The van der Waals surface area contributed by atoms with Crippen LogP contribution in [0.5, 0.6) is 0 Å². The molecule has 2 aromatic heterocycles. The minimum Gasteiger partial charge on any atom is -0.369 e. The monoisotopic (exact) mass is 309 g/mol. The van der Waals surface area contributed by atoms with Crippen LogP contribution in [0, 0.1) is 0 Å². The van der Waals surface area contributed by atoms with Crippen LogP contribution in [0.15, 0.2) is 23.2 Å². The molecule has 1 N–H and O–H groups in total. The van der Waals surface area contributed by atoms with Crippen molar-refractivity contribution in [1.29, 1.82) is 0 Å². The zero-order valence-electron chi connectivity index (χ0n) is 10.5. The lowest BCUT2D eigenvalue weighted by Crippen LogP contribution is -2.05. The van der Waals surface area contributed by atoms with Gasteiger partial charge in [-0.2, -0.15) is 0 Å². The summed E-state index contributed by atoms with van der Waals surface area (Å²) in [5, 5.41) is 3.20. The number of aromatic nitrogens is 4. The summed E-state index contributed by atoms with van der Waals surface area (Å²) in [6.45, 7) is 5.92. The van der Waals surface area contributed by atoms with E-state index < -0.39 is 0 Å². The fourth-order valence-corrected chi connectivity index (χ4v) is 2.04. The normalized spacial score (nSPS) is 10.6. The Hall–Kier alpha value is -1.43. The molecular weight excluding hydrogens is 294 g/mol. The fourth-order valence-electron chi connectivity index (χ4n) is 1.71. The molecule has 0 aliphatic rings. The standard InChI is InChI=1S/C12H16BrN5/c1-3-5-18-8-14-7-10(18)12-16-6-9(13)11(17-12)15-4-2/h6-8H,3-5H2,1-2H3,(H,15,16,17). The lowest BCUT2D eigenvalue weighted by molar-refractivity contribution is 0.681. The lowest BCUT2D eigenvalue weighted by Gasteiger charge is -2.08. The highest BCUT2D eigenvalue weighted by Gasteiger charge is 2.10. The van der Waals surface area contributed by atoms with E-state index in [1.54, 1.807) is 12.4 Å². The van der Waals surface area contributed by atoms with Gasteiger partial charge in [-0.25, -0.2) is 15.0 Å². The van der Waals surface area contributed by atoms with Gasteiger partial charge in [0.15, 0.2) is 5.82 Å². The van der Waals surface area contributed by atoms with Gasteiger partial charge in [0.2, 0.25) is 0 Å². The highest BCUT2D eigenvalue weighted by Crippen LogP contribution is 2.23. The lowest BCUT2D eigenvalue weighted by atomic mass is 10.4. The van der Waals surface area contributed by atoms with Crippen LogP contribution in [-0.2, 0) is 6.54 Å². The van der Waals surface area contributed by atoms with Crippen molar-refractivity contribution in [3.05, 3.63) is 23.2 Å². The van der Waals surface area contributed by atoms with Crippen molar-refractivity contribution in [3.8, 4) is 11.5 Å². The second-order valence-corrected chi connectivity index (χ2v) is 4.75. The van der Waals surface area contributed by atoms with Gasteiger partial charge in [-0.3, -0.25) is 0 Å². The average molecular weight is 310 g/mol. The minimum atomic E-state index is 0.695. The molecule has 0 saturated carbocycles. The van der Waals surface area contributed by atoms with Crippen LogP contribution < -0.4 is 5.32 Å². The van der Waals surface area contributed by atoms with Gasteiger partial charge >= 0.3 is 0 Å². The van der Waals surface area contributed by atoms with E-state index in [-0.39, 0.29) is 0 Å². The zero-order chi connectivity index (χ0) is 13.0. The van der Waals surface area contributed by atoms with Gasteiger partial charge in [-0.05, 0) is 29.3 Å². The van der Waals surface area contributed by atoms with Crippen LogP contribution in [0.1, 0.15) is 20.3 Å². The van der Waals surface area contributed by atoms with E-state index >= 15 is 0 Å². The Morgan fingerprint density at radius 2 is 2.17 bits per heavy atom. The Morgan fingerprint density at radius 3 is 2.89 bits per heavy atom. The smallest absolute Gasteiger partial charge is 0.179 e. The third kappa shape index (κ3) is 2.69. The molecule has 0 bridgehead atoms. The molecule has 0 aliphatic carbocycles. The fraction of sp³-hybridized carbons (Fsp3) is 0.417. The van der Waals surface area contributed by atoms with E-state index in [0.29, 0.717) is 5.82 Å². The van der Waals surface area contributed by atoms with E-state index in [9.17, 15) is 0 Å². The molecule has 2 rings (SSSR count). The topological polar surface area (TPSA) is 55.6 Å². The number of imidazole rings is 1. The summed E-state index contributed by atoms with van der Waals surface area (Å²) in [6, 6.07) is 0. The number of nitrogens with one attached hydrogen (secondary N) is 1. The van der Waals surface area contributed by atoms with Crippen molar-refractivity contribution in [2.24, 2.45) is 0 Å². The van der Waals surface area contributed by atoms with Crippen molar-refractivity contribution in [2.45, 2.75) is 26.8 Å². The SMILES string of the molecule is CCCn1cncc1-c1ncc(Br)c(NCC)n1. The summed E-state index contributed by atoms with van der Waals surface area (Å²) in [5.74, 6) is 1.51. The molecule has 0 amide bonds. The van der Waals surface area contributed by atoms with E-state index in [4.69, 9.17) is 0 Å². The predicted molar refractivity (Wildman–Crippen MR) is 75.4 cm³/mol. The molecule has 2 aromatic rings. The third-order valence-electron chi connectivity index (χ3n) is 2.49. The Morgan fingerprint density at radius 1 is 1.33 bits per heavy atom. The molecule has 18 heavy (non-hydrogen) atoms. The molecule has 0 unspecified atom stereocenters. The van der Waals surface area contributed by atoms with E-state index in [0.717, 1.165) is 35.5 Å². The first-order valence-corrected chi connectivity index (χ1v) is 6.82. The van der Waals surface area contributed by atoms with Crippen LogP contribution in [0.25, 0.3) is 11.5 Å². The summed E-state index contributed by atoms with van der Waals surface area (Å²) in [6.07, 6.45) is 6.44. The maximum atomic E-state index is 4.52. The van der Waals surface area contributed by atoms with Crippen molar-refractivity contribution in [1.82, 2.24) is 19.5 Å². The maximum absolute atomic E-state index is 4.52. The van der Waals surface area contributed by atoms with E-state index in [2.05, 4.69) is 47.7 Å². The molecule has 0 aliphatic heterocycles. The highest BCUT2D eigenvalue weighted by atomic mass is 79.9. The number of nitrogens with zero attached hydrogens (tertiary/aromatic N) is 4. The molecule has 96 valence electrons. The molecule has 6 heteroatoms. The van der Waals surface area contributed by atoms with Crippen LogP contribution in [0.2, 0.25) is 0 Å². The number of hydrogen-bond acceptors (Lipinski definition) is 4. The first kappa shape index (κ1) is 13.0. The van der Waals surface area contributed by atoms with Gasteiger partial charge in [0.1, 0.15) is 11.5 Å². The first-order chi connectivity index (χ1) is 8.76. The molecule has 0 radical (unpaired) electrons. The molecule has 0 fully saturated rings. The minimum absolute atomic E-state index is 0.695. The van der Waals surface area contributed by atoms with Crippen LogP contribution >= 0.6 is 15.9 Å². The molecule has 0 spiro atoms. The van der Waals surface area contributed by atoms with E-state index in [1.807, 2.05) is 13.3 Å². The van der Waals surface area contributed by atoms with E-state index in [1.165, 1.54) is 0 Å². The highest BCUT2D eigenvalue weighted by molar-refractivity contribution is 9.10. The first-order valence-electron chi connectivity index (χ1n) is 6.03. The summed E-state index contributed by atoms with van der Waals surface area (Å²) in [7, 11) is 0. The predicted octanol–water partition coefficient (Wildman–Crippen LogP) is 2.94. The van der Waals surface area contributed by atoms with Gasteiger partial charge in [0, 0.05) is 19.3 Å². The summed E-state index contributed by atoms with van der Waals surface area (Å²) in [4.78, 5) is 13.0. The number of hydrogen-bond donors (Lipinski definition) is 1. The largest absolute Gasteiger partial charge is 0.369 e. The van der Waals surface area contributed by atoms with Crippen molar-refractivity contribution < 1.29 is 0 Å². The Bertz CT molecular complexity index is 523. The number of rotatable bonds is 5. The quantitative estimate of drug-likeness (QED) is 0.922. The van der Waals surface area contributed by atoms with Crippen LogP contribution in [0.3, 0.4) is 0 Å². The van der Waals surface area contributed by atoms with Gasteiger partial charge in [0.05, 0.1) is 17.0 Å². The molecule has 0 aromatic carbocycles. The van der Waals surface area contributed by atoms with Crippen molar-refractivity contribution in [2.75, 3.05) is 11.9 Å². The third-order valence-corrected chi connectivity index (χ3v) is 3.07. The Kier molecular flexibility index (Phi) is 4.30. The van der Waals surface area contributed by atoms with Gasteiger partial charge < -0.3 is 9.88 Å².